The lowest BCUT2D eigenvalue weighted by Gasteiger charge is -2.03. The first-order chi connectivity index (χ1) is 11.6. The number of H-pyrrole nitrogens is 1. The Morgan fingerprint density at radius 3 is 2.96 bits per heavy atom. The van der Waals surface area contributed by atoms with Gasteiger partial charge in [0.15, 0.2) is 5.96 Å². The molecule has 0 saturated heterocycles. The van der Waals surface area contributed by atoms with Crippen molar-refractivity contribution >= 4 is 34.2 Å². The van der Waals surface area contributed by atoms with Crippen LogP contribution in [0.5, 0.6) is 0 Å². The number of nitrogens with zero attached hydrogens (tertiary/aromatic N) is 3. The monoisotopic (exact) mass is 366 g/mol. The third kappa shape index (κ3) is 5.97. The van der Waals surface area contributed by atoms with Crippen molar-refractivity contribution in [3.05, 3.63) is 39.0 Å². The van der Waals surface area contributed by atoms with E-state index in [0.717, 1.165) is 54.3 Å². The molecular formula is C15H22N6OS2. The molecule has 2 heterocycles. The van der Waals surface area contributed by atoms with Crippen LogP contribution >= 0.6 is 23.1 Å². The molecule has 9 heteroatoms. The highest BCUT2D eigenvalue weighted by molar-refractivity contribution is 7.98. The van der Waals surface area contributed by atoms with E-state index in [1.165, 1.54) is 11.3 Å². The number of nitrogens with two attached hydrogens (primary N) is 2. The first-order valence-corrected chi connectivity index (χ1v) is 9.80. The Balaban J connectivity index is 1.78. The molecule has 5 N–H and O–H groups in total. The van der Waals surface area contributed by atoms with Crippen LogP contribution in [0, 0.1) is 0 Å². The van der Waals surface area contributed by atoms with Crippen LogP contribution in [0.3, 0.4) is 0 Å². The van der Waals surface area contributed by atoms with E-state index in [-0.39, 0.29) is 11.5 Å². The largest absolute Gasteiger partial charge is 0.370 e. The number of aromatic amines is 1. The highest BCUT2D eigenvalue weighted by Gasteiger charge is 2.04. The second-order valence-corrected chi connectivity index (χ2v) is 7.19. The maximum atomic E-state index is 11.9. The maximum Gasteiger partial charge on any atom is 0.254 e. The van der Waals surface area contributed by atoms with Crippen molar-refractivity contribution in [2.24, 2.45) is 16.5 Å². The number of nitrogens with one attached hydrogen (secondary N) is 1. The van der Waals surface area contributed by atoms with Gasteiger partial charge in [-0.15, -0.1) is 11.3 Å². The zero-order valence-corrected chi connectivity index (χ0v) is 15.3. The molecule has 0 aliphatic rings. The Morgan fingerprint density at radius 1 is 1.42 bits per heavy atom. The molecule has 2 rings (SSSR count). The molecule has 0 unspecified atom stereocenters. The molecule has 2 aromatic rings. The molecule has 0 saturated carbocycles. The van der Waals surface area contributed by atoms with Gasteiger partial charge in [0.05, 0.1) is 5.69 Å². The Hall–Kier alpha value is -1.87. The molecule has 0 radical (unpaired) electrons. The molecule has 0 amide bonds. The van der Waals surface area contributed by atoms with E-state index in [0.29, 0.717) is 5.13 Å². The van der Waals surface area contributed by atoms with Crippen LogP contribution in [-0.4, -0.2) is 26.7 Å². The number of thioether (sulfide) groups is 1. The summed E-state index contributed by atoms with van der Waals surface area (Å²) in [6, 6.07) is 0. The zero-order valence-electron chi connectivity index (χ0n) is 13.6. The van der Waals surface area contributed by atoms with Gasteiger partial charge in [-0.3, -0.25) is 4.79 Å². The SMILES string of the molecule is CCCCc1cnc(CCSCc2csc(N=C(N)N)n2)[nH]c1=O. The molecule has 0 fully saturated rings. The number of guanidine groups is 1. The fourth-order valence-electron chi connectivity index (χ4n) is 2.00. The number of thiazole rings is 1. The smallest absolute Gasteiger partial charge is 0.254 e. The van der Waals surface area contributed by atoms with Gasteiger partial charge >= 0.3 is 0 Å². The van der Waals surface area contributed by atoms with Crippen LogP contribution in [0.4, 0.5) is 5.13 Å². The summed E-state index contributed by atoms with van der Waals surface area (Å²) in [5.74, 6) is 2.37. The molecule has 0 aliphatic carbocycles. The van der Waals surface area contributed by atoms with Crippen LogP contribution in [-0.2, 0) is 18.6 Å². The zero-order chi connectivity index (χ0) is 17.4. The van der Waals surface area contributed by atoms with E-state index >= 15 is 0 Å². The van der Waals surface area contributed by atoms with Crippen molar-refractivity contribution in [3.8, 4) is 0 Å². The second kappa shape index (κ2) is 9.43. The Kier molecular flexibility index (Phi) is 7.26. The van der Waals surface area contributed by atoms with Gasteiger partial charge in [0, 0.05) is 35.1 Å². The summed E-state index contributed by atoms with van der Waals surface area (Å²) in [6.07, 6.45) is 5.29. The van der Waals surface area contributed by atoms with Gasteiger partial charge in [0.2, 0.25) is 5.13 Å². The predicted octanol–water partition coefficient (Wildman–Crippen LogP) is 1.95. The van der Waals surface area contributed by atoms with Gasteiger partial charge in [-0.05, 0) is 12.8 Å². The number of aliphatic imine (C=N–C) groups is 1. The lowest BCUT2D eigenvalue weighted by molar-refractivity contribution is 0.773. The summed E-state index contributed by atoms with van der Waals surface area (Å²) in [4.78, 5) is 27.4. The summed E-state index contributed by atoms with van der Waals surface area (Å²) in [5, 5.41) is 2.51. The molecule has 24 heavy (non-hydrogen) atoms. The number of aryl methyl sites for hydroxylation is 2. The molecule has 0 spiro atoms. The lowest BCUT2D eigenvalue weighted by atomic mass is 10.1. The molecule has 2 aromatic heterocycles. The third-order valence-electron chi connectivity index (χ3n) is 3.22. The number of hydrogen-bond donors (Lipinski definition) is 3. The fraction of sp³-hybridized carbons (Fsp3) is 0.467. The quantitative estimate of drug-likeness (QED) is 0.354. The molecule has 7 nitrogen and oxygen atoms in total. The molecule has 0 bridgehead atoms. The van der Waals surface area contributed by atoms with E-state index in [2.05, 4.69) is 26.9 Å². The van der Waals surface area contributed by atoms with Crippen molar-refractivity contribution in [3.63, 3.8) is 0 Å². The van der Waals surface area contributed by atoms with Gasteiger partial charge in [-0.25, -0.2) is 9.97 Å². The Labute approximate surface area is 149 Å². The maximum absolute atomic E-state index is 11.9. The first-order valence-electron chi connectivity index (χ1n) is 7.77. The van der Waals surface area contributed by atoms with Crippen LogP contribution in [0.1, 0.15) is 36.8 Å². The van der Waals surface area contributed by atoms with Crippen LogP contribution in [0.2, 0.25) is 0 Å². The standard InChI is InChI=1S/C15H22N6OS2/c1-2-3-4-10-7-18-12(20-13(10)22)5-6-23-8-11-9-24-15(19-11)21-14(16)17/h7,9H,2-6,8H2,1H3,(H,18,20,22)(H4,16,17,19,21). The van der Waals surface area contributed by atoms with Gasteiger partial charge < -0.3 is 16.5 Å². The molecule has 130 valence electrons. The fourth-order valence-corrected chi connectivity index (χ4v) is 3.65. The first kappa shape index (κ1) is 18.5. The minimum atomic E-state index is -0.0140. The molecular weight excluding hydrogens is 344 g/mol. The molecule has 0 aromatic carbocycles. The number of unbranched alkanes of at least 4 members (excludes halogenated alkanes) is 1. The van der Waals surface area contributed by atoms with Crippen molar-refractivity contribution in [1.82, 2.24) is 15.0 Å². The van der Waals surface area contributed by atoms with Gasteiger partial charge in [0.1, 0.15) is 5.82 Å². The highest BCUT2D eigenvalue weighted by Crippen LogP contribution is 2.21. The summed E-state index contributed by atoms with van der Waals surface area (Å²) >= 11 is 3.14. The highest BCUT2D eigenvalue weighted by atomic mass is 32.2. The summed E-state index contributed by atoms with van der Waals surface area (Å²) < 4.78 is 0. The average molecular weight is 367 g/mol. The Bertz CT molecular complexity index is 736. The van der Waals surface area contributed by atoms with E-state index in [1.54, 1.807) is 18.0 Å². The number of aromatic nitrogens is 3. The van der Waals surface area contributed by atoms with E-state index < -0.39 is 0 Å². The second-order valence-electron chi connectivity index (χ2n) is 5.25. The number of rotatable bonds is 9. The topological polar surface area (TPSA) is 123 Å². The van der Waals surface area contributed by atoms with Gasteiger partial charge in [-0.2, -0.15) is 16.8 Å². The van der Waals surface area contributed by atoms with E-state index in [9.17, 15) is 4.79 Å². The van der Waals surface area contributed by atoms with Crippen molar-refractivity contribution in [2.75, 3.05) is 5.75 Å². The summed E-state index contributed by atoms with van der Waals surface area (Å²) in [7, 11) is 0. The van der Waals surface area contributed by atoms with Crippen LogP contribution in [0.25, 0.3) is 0 Å². The number of hydrogen-bond acceptors (Lipinski definition) is 6. The minimum absolute atomic E-state index is 0.0140. The van der Waals surface area contributed by atoms with Crippen molar-refractivity contribution in [2.45, 2.75) is 38.4 Å². The van der Waals surface area contributed by atoms with Crippen LogP contribution < -0.4 is 17.0 Å². The van der Waals surface area contributed by atoms with E-state index in [1.807, 2.05) is 5.38 Å². The minimum Gasteiger partial charge on any atom is -0.370 e. The summed E-state index contributed by atoms with van der Waals surface area (Å²) in [5.41, 5.74) is 12.3. The predicted molar refractivity (Wildman–Crippen MR) is 101 cm³/mol. The van der Waals surface area contributed by atoms with Crippen LogP contribution in [0.15, 0.2) is 21.4 Å². The molecule has 0 atom stereocenters. The third-order valence-corrected chi connectivity index (χ3v) is 5.00. The van der Waals surface area contributed by atoms with Crippen molar-refractivity contribution in [1.29, 1.82) is 0 Å². The van der Waals surface area contributed by atoms with E-state index in [4.69, 9.17) is 11.5 Å². The molecule has 0 aliphatic heterocycles. The van der Waals surface area contributed by atoms with Gasteiger partial charge in [0.25, 0.3) is 5.56 Å². The normalized spacial score (nSPS) is 10.7. The van der Waals surface area contributed by atoms with Gasteiger partial charge in [-0.1, -0.05) is 13.3 Å². The average Bonchev–Trinajstić information content (AvgIpc) is 2.97. The Morgan fingerprint density at radius 2 is 2.25 bits per heavy atom. The lowest BCUT2D eigenvalue weighted by Crippen LogP contribution is -2.21. The van der Waals surface area contributed by atoms with Crippen molar-refractivity contribution < 1.29 is 0 Å². The summed E-state index contributed by atoms with van der Waals surface area (Å²) in [6.45, 7) is 2.11.